The van der Waals surface area contributed by atoms with Crippen LogP contribution in [0.1, 0.15) is 16.2 Å². The zero-order valence-electron chi connectivity index (χ0n) is 13.6. The second kappa shape index (κ2) is 7.01. The number of fused-ring (bicyclic) bond motifs is 1. The van der Waals surface area contributed by atoms with Crippen LogP contribution < -0.4 is 10.3 Å². The Bertz CT molecular complexity index is 1060. The molecule has 0 saturated heterocycles. The average Bonchev–Trinajstić information content (AvgIpc) is 2.65. The van der Waals surface area contributed by atoms with Crippen LogP contribution >= 0.6 is 0 Å². The molecule has 26 heavy (non-hydrogen) atoms. The summed E-state index contributed by atoms with van der Waals surface area (Å²) in [6.07, 6.45) is 0. The number of ether oxygens (including phenoxy) is 2. The first-order chi connectivity index (χ1) is 12.5. The van der Waals surface area contributed by atoms with Crippen LogP contribution in [0.5, 0.6) is 5.75 Å². The zero-order chi connectivity index (χ0) is 18.7. The molecule has 0 aliphatic carbocycles. The SMILES string of the molecule is COC(=O)c1ccc2c(=O)[nH]c(COc3ccccc3[N+](=O)[O-])nc2c1. The molecule has 0 amide bonds. The minimum Gasteiger partial charge on any atom is -0.479 e. The van der Waals surface area contributed by atoms with E-state index in [1.54, 1.807) is 6.07 Å². The van der Waals surface area contributed by atoms with Crippen molar-refractivity contribution in [3.8, 4) is 5.75 Å². The van der Waals surface area contributed by atoms with Crippen LogP contribution in [-0.2, 0) is 11.3 Å². The van der Waals surface area contributed by atoms with Crippen LogP contribution in [0.4, 0.5) is 5.69 Å². The number of aromatic nitrogens is 2. The topological polar surface area (TPSA) is 124 Å². The monoisotopic (exact) mass is 355 g/mol. The minimum atomic E-state index is -0.561. The van der Waals surface area contributed by atoms with Crippen molar-refractivity contribution in [2.45, 2.75) is 6.61 Å². The molecule has 2 aromatic carbocycles. The Morgan fingerprint density at radius 2 is 2.04 bits per heavy atom. The molecule has 1 aromatic heterocycles. The number of para-hydroxylation sites is 2. The summed E-state index contributed by atoms with van der Waals surface area (Å²) in [5.74, 6) is -0.321. The van der Waals surface area contributed by atoms with E-state index in [0.29, 0.717) is 5.39 Å². The highest BCUT2D eigenvalue weighted by molar-refractivity contribution is 5.93. The number of nitrogens with zero attached hydrogens (tertiary/aromatic N) is 2. The number of benzene rings is 2. The first-order valence-corrected chi connectivity index (χ1v) is 7.47. The summed E-state index contributed by atoms with van der Waals surface area (Å²) >= 11 is 0. The average molecular weight is 355 g/mol. The van der Waals surface area contributed by atoms with Crippen molar-refractivity contribution in [1.82, 2.24) is 9.97 Å². The van der Waals surface area contributed by atoms with E-state index in [-0.39, 0.29) is 34.9 Å². The van der Waals surface area contributed by atoms with Crippen LogP contribution in [0, 0.1) is 10.1 Å². The zero-order valence-corrected chi connectivity index (χ0v) is 13.6. The van der Waals surface area contributed by atoms with Gasteiger partial charge >= 0.3 is 11.7 Å². The van der Waals surface area contributed by atoms with Gasteiger partial charge in [-0.2, -0.15) is 0 Å². The summed E-state index contributed by atoms with van der Waals surface area (Å²) < 4.78 is 10.1. The van der Waals surface area contributed by atoms with Gasteiger partial charge in [-0.3, -0.25) is 14.9 Å². The molecule has 132 valence electrons. The molecule has 3 aromatic rings. The fourth-order valence-electron chi connectivity index (χ4n) is 2.38. The number of H-pyrrole nitrogens is 1. The van der Waals surface area contributed by atoms with E-state index in [2.05, 4.69) is 14.7 Å². The molecule has 0 saturated carbocycles. The maximum atomic E-state index is 12.2. The fraction of sp³-hybridized carbons (Fsp3) is 0.118. The number of carbonyl (C=O) groups is 1. The maximum Gasteiger partial charge on any atom is 0.337 e. The van der Waals surface area contributed by atoms with Crippen LogP contribution in [0.15, 0.2) is 47.3 Å². The Morgan fingerprint density at radius 1 is 1.27 bits per heavy atom. The number of methoxy groups -OCH3 is 1. The molecule has 0 bridgehead atoms. The van der Waals surface area contributed by atoms with Crippen LogP contribution in [0.25, 0.3) is 10.9 Å². The van der Waals surface area contributed by atoms with E-state index in [4.69, 9.17) is 4.74 Å². The Balaban J connectivity index is 1.92. The number of nitro benzene ring substituents is 1. The van der Waals surface area contributed by atoms with Gasteiger partial charge in [-0.05, 0) is 24.3 Å². The molecular formula is C17H13N3O6. The predicted octanol–water partition coefficient (Wildman–Crippen LogP) is 2.20. The number of aromatic amines is 1. The van der Waals surface area contributed by atoms with Crippen LogP contribution in [0.2, 0.25) is 0 Å². The van der Waals surface area contributed by atoms with Crippen LogP contribution in [0.3, 0.4) is 0 Å². The summed E-state index contributed by atoms with van der Waals surface area (Å²) in [4.78, 5) is 41.0. The number of esters is 1. The molecule has 0 spiro atoms. The maximum absolute atomic E-state index is 12.2. The molecule has 0 aliphatic heterocycles. The lowest BCUT2D eigenvalue weighted by Crippen LogP contribution is -2.14. The second-order valence-electron chi connectivity index (χ2n) is 5.25. The van der Waals surface area contributed by atoms with Crippen molar-refractivity contribution >= 4 is 22.6 Å². The van der Waals surface area contributed by atoms with Crippen molar-refractivity contribution in [2.75, 3.05) is 7.11 Å². The third-order valence-corrected chi connectivity index (χ3v) is 3.60. The number of hydrogen-bond acceptors (Lipinski definition) is 7. The van der Waals surface area contributed by atoms with E-state index in [1.165, 1.54) is 43.5 Å². The van der Waals surface area contributed by atoms with Gasteiger partial charge in [-0.25, -0.2) is 9.78 Å². The van der Waals surface area contributed by atoms with Gasteiger partial charge in [0.05, 0.1) is 28.5 Å². The lowest BCUT2D eigenvalue weighted by molar-refractivity contribution is -0.385. The Labute approximate surface area is 146 Å². The van der Waals surface area contributed by atoms with Crippen LogP contribution in [-0.4, -0.2) is 28.0 Å². The van der Waals surface area contributed by atoms with E-state index >= 15 is 0 Å². The summed E-state index contributed by atoms with van der Waals surface area (Å²) in [5, 5.41) is 11.3. The van der Waals surface area contributed by atoms with Crippen molar-refractivity contribution in [1.29, 1.82) is 0 Å². The Kier molecular flexibility index (Phi) is 4.61. The molecule has 1 heterocycles. The number of carbonyl (C=O) groups excluding carboxylic acids is 1. The van der Waals surface area contributed by atoms with Crippen molar-refractivity contribution < 1.29 is 19.2 Å². The number of nitro groups is 1. The van der Waals surface area contributed by atoms with E-state index in [9.17, 15) is 19.7 Å². The van der Waals surface area contributed by atoms with Crippen molar-refractivity contribution in [2.24, 2.45) is 0 Å². The number of nitrogens with one attached hydrogen (secondary N) is 1. The lowest BCUT2D eigenvalue weighted by atomic mass is 10.1. The van der Waals surface area contributed by atoms with E-state index in [0.717, 1.165) is 0 Å². The molecule has 0 atom stereocenters. The second-order valence-corrected chi connectivity index (χ2v) is 5.25. The molecule has 1 N–H and O–H groups in total. The molecule has 0 unspecified atom stereocenters. The standard InChI is InChI=1S/C17H13N3O6/c1-25-17(22)10-6-7-11-12(8-10)18-15(19-16(11)21)9-26-14-5-3-2-4-13(14)20(23)24/h2-8H,9H2,1H3,(H,18,19,21). The van der Waals surface area contributed by atoms with Gasteiger partial charge in [0.25, 0.3) is 5.56 Å². The Morgan fingerprint density at radius 3 is 2.77 bits per heavy atom. The highest BCUT2D eigenvalue weighted by atomic mass is 16.6. The summed E-state index contributed by atoms with van der Waals surface area (Å²) in [6, 6.07) is 10.3. The molecule has 0 aliphatic rings. The van der Waals surface area contributed by atoms with Gasteiger partial charge in [-0.1, -0.05) is 12.1 Å². The van der Waals surface area contributed by atoms with Gasteiger partial charge in [0.1, 0.15) is 12.4 Å². The van der Waals surface area contributed by atoms with E-state index in [1.807, 2.05) is 0 Å². The first kappa shape index (κ1) is 17.1. The molecule has 9 nitrogen and oxygen atoms in total. The van der Waals surface area contributed by atoms with Gasteiger partial charge in [0.2, 0.25) is 0 Å². The van der Waals surface area contributed by atoms with E-state index < -0.39 is 16.5 Å². The lowest BCUT2D eigenvalue weighted by Gasteiger charge is -2.07. The summed E-state index contributed by atoms with van der Waals surface area (Å²) in [5.41, 5.74) is -0.0577. The van der Waals surface area contributed by atoms with Gasteiger partial charge < -0.3 is 14.5 Å². The largest absolute Gasteiger partial charge is 0.479 e. The highest BCUT2D eigenvalue weighted by Crippen LogP contribution is 2.26. The van der Waals surface area contributed by atoms with Gasteiger partial charge in [-0.15, -0.1) is 0 Å². The smallest absolute Gasteiger partial charge is 0.337 e. The first-order valence-electron chi connectivity index (χ1n) is 7.47. The number of rotatable bonds is 5. The third-order valence-electron chi connectivity index (χ3n) is 3.60. The number of hydrogen-bond donors (Lipinski definition) is 1. The predicted molar refractivity (Wildman–Crippen MR) is 91.1 cm³/mol. The molecule has 0 radical (unpaired) electrons. The molecular weight excluding hydrogens is 342 g/mol. The van der Waals surface area contributed by atoms with Gasteiger partial charge in [0.15, 0.2) is 5.75 Å². The summed E-state index contributed by atoms with van der Waals surface area (Å²) in [6.45, 7) is -0.182. The van der Waals surface area contributed by atoms with Crippen molar-refractivity contribution in [3.05, 3.63) is 74.3 Å². The van der Waals surface area contributed by atoms with Crippen molar-refractivity contribution in [3.63, 3.8) is 0 Å². The molecule has 9 heteroatoms. The molecule has 3 rings (SSSR count). The quantitative estimate of drug-likeness (QED) is 0.422. The van der Waals surface area contributed by atoms with Gasteiger partial charge in [0, 0.05) is 6.07 Å². The molecule has 0 fully saturated rings. The Hall–Kier alpha value is -3.75. The third kappa shape index (κ3) is 3.36. The normalized spacial score (nSPS) is 10.5. The highest BCUT2D eigenvalue weighted by Gasteiger charge is 2.15. The summed E-state index contributed by atoms with van der Waals surface area (Å²) in [7, 11) is 1.25. The minimum absolute atomic E-state index is 0.0588. The fourth-order valence-corrected chi connectivity index (χ4v) is 2.38.